The zero-order valence-corrected chi connectivity index (χ0v) is 19.8. The lowest BCUT2D eigenvalue weighted by atomic mass is 9.77. The fourth-order valence-corrected chi connectivity index (χ4v) is 5.73. The van der Waals surface area contributed by atoms with Crippen molar-refractivity contribution in [3.05, 3.63) is 95.1 Å². The monoisotopic (exact) mass is 481 g/mol. The Hall–Kier alpha value is -4.10. The summed E-state index contributed by atoms with van der Waals surface area (Å²) in [5.74, 6) is -4.27. The van der Waals surface area contributed by atoms with Crippen LogP contribution in [-0.4, -0.2) is 35.6 Å². The van der Waals surface area contributed by atoms with E-state index in [9.17, 15) is 19.2 Å². The van der Waals surface area contributed by atoms with Crippen molar-refractivity contribution in [2.24, 2.45) is 11.8 Å². The Kier molecular flexibility index (Phi) is 4.95. The number of carbonyl (C=O) groups is 4. The maximum atomic E-state index is 14.1. The number of hydrogen-bond acceptors (Lipinski definition) is 6. The number of aryl methyl sites for hydroxylation is 1. The summed E-state index contributed by atoms with van der Waals surface area (Å²) in [4.78, 5) is 56.7. The van der Waals surface area contributed by atoms with Crippen LogP contribution in [-0.2, 0) is 14.3 Å². The molecular formula is C29H23NO6. The van der Waals surface area contributed by atoms with Crippen molar-refractivity contribution in [1.82, 2.24) is 0 Å². The Bertz CT molecular complexity index is 1410. The molecule has 3 aromatic carbocycles. The first kappa shape index (κ1) is 22.4. The number of para-hydroxylation sites is 2. The van der Waals surface area contributed by atoms with Gasteiger partial charge in [-0.25, -0.2) is 4.90 Å². The first-order valence-corrected chi connectivity index (χ1v) is 11.9. The topological polar surface area (TPSA) is 90.0 Å². The number of rotatable bonds is 4. The summed E-state index contributed by atoms with van der Waals surface area (Å²) < 4.78 is 12.0. The van der Waals surface area contributed by atoms with E-state index in [0.29, 0.717) is 17.9 Å². The largest absolute Gasteiger partial charge is 0.492 e. The highest BCUT2D eigenvalue weighted by molar-refractivity contribution is 6.37. The number of hydrogen-bond donors (Lipinski definition) is 0. The molecule has 0 N–H and O–H groups in total. The molecule has 2 fully saturated rings. The Morgan fingerprint density at radius 3 is 2.08 bits per heavy atom. The van der Waals surface area contributed by atoms with Gasteiger partial charge in [0.2, 0.25) is 29.0 Å². The van der Waals surface area contributed by atoms with Gasteiger partial charge in [0.15, 0.2) is 0 Å². The minimum absolute atomic E-state index is 0.208. The molecule has 180 valence electrons. The van der Waals surface area contributed by atoms with Crippen LogP contribution < -0.4 is 9.64 Å². The van der Waals surface area contributed by atoms with Crippen molar-refractivity contribution in [2.45, 2.75) is 25.6 Å². The lowest BCUT2D eigenvalue weighted by Crippen LogP contribution is -2.51. The molecule has 7 nitrogen and oxygen atoms in total. The van der Waals surface area contributed by atoms with Gasteiger partial charge >= 0.3 is 0 Å². The quantitative estimate of drug-likeness (QED) is 0.412. The number of amides is 2. The number of nitrogens with zero attached hydrogens (tertiary/aromatic N) is 1. The van der Waals surface area contributed by atoms with Crippen LogP contribution in [0.15, 0.2) is 72.8 Å². The molecular weight excluding hydrogens is 458 g/mol. The third-order valence-electron chi connectivity index (χ3n) is 7.33. The van der Waals surface area contributed by atoms with E-state index in [2.05, 4.69) is 0 Å². The molecule has 2 saturated heterocycles. The second kappa shape index (κ2) is 7.96. The summed E-state index contributed by atoms with van der Waals surface area (Å²) in [5.41, 5.74) is 0.247. The van der Waals surface area contributed by atoms with E-state index in [-0.39, 0.29) is 16.8 Å². The maximum absolute atomic E-state index is 14.1. The molecule has 2 heterocycles. The van der Waals surface area contributed by atoms with Crippen molar-refractivity contribution in [2.75, 3.05) is 11.5 Å². The number of imide groups is 1. The van der Waals surface area contributed by atoms with E-state index in [1.165, 1.54) is 0 Å². The molecule has 7 heteroatoms. The Balaban J connectivity index is 1.54. The van der Waals surface area contributed by atoms with Crippen molar-refractivity contribution in [3.8, 4) is 5.75 Å². The number of ketones is 2. The number of ether oxygens (including phenoxy) is 2. The van der Waals surface area contributed by atoms with Gasteiger partial charge in [0.1, 0.15) is 5.75 Å². The summed E-state index contributed by atoms with van der Waals surface area (Å²) in [6.45, 7) is 4.08. The van der Waals surface area contributed by atoms with Crippen LogP contribution in [0.5, 0.6) is 5.75 Å². The minimum atomic E-state index is -2.09. The summed E-state index contributed by atoms with van der Waals surface area (Å²) in [6, 6.07) is 20.6. The Labute approximate surface area is 207 Å². The summed E-state index contributed by atoms with van der Waals surface area (Å²) >= 11 is 0. The first-order valence-electron chi connectivity index (χ1n) is 11.9. The van der Waals surface area contributed by atoms with Crippen molar-refractivity contribution in [1.29, 1.82) is 0 Å². The molecule has 0 bridgehead atoms. The van der Waals surface area contributed by atoms with Gasteiger partial charge in [-0.3, -0.25) is 19.2 Å². The predicted octanol–water partition coefficient (Wildman–Crippen LogP) is 4.09. The molecule has 1 spiro atoms. The maximum Gasteiger partial charge on any atom is 0.241 e. The van der Waals surface area contributed by atoms with Gasteiger partial charge in [0, 0.05) is 11.1 Å². The highest BCUT2D eigenvalue weighted by Crippen LogP contribution is 2.58. The molecule has 0 radical (unpaired) electrons. The molecule has 3 atom stereocenters. The number of carbonyl (C=O) groups excluding carboxylic acids is 4. The molecule has 0 aromatic heterocycles. The second-order valence-electron chi connectivity index (χ2n) is 9.30. The van der Waals surface area contributed by atoms with Crippen LogP contribution in [0.3, 0.4) is 0 Å². The Morgan fingerprint density at radius 2 is 1.44 bits per heavy atom. The number of fused-ring (bicyclic) bond motifs is 3. The molecule has 1 aliphatic carbocycles. The minimum Gasteiger partial charge on any atom is -0.492 e. The molecule has 3 aromatic rings. The van der Waals surface area contributed by atoms with Crippen LogP contribution in [0.1, 0.15) is 44.9 Å². The van der Waals surface area contributed by atoms with Gasteiger partial charge in [0.25, 0.3) is 0 Å². The van der Waals surface area contributed by atoms with E-state index in [4.69, 9.17) is 9.47 Å². The fourth-order valence-electron chi connectivity index (χ4n) is 5.73. The van der Waals surface area contributed by atoms with E-state index in [1.54, 1.807) is 48.5 Å². The third kappa shape index (κ3) is 2.83. The van der Waals surface area contributed by atoms with Crippen molar-refractivity contribution in [3.63, 3.8) is 0 Å². The molecule has 0 unspecified atom stereocenters. The molecule has 6 rings (SSSR count). The van der Waals surface area contributed by atoms with Crippen LogP contribution in [0.4, 0.5) is 5.69 Å². The first-order chi connectivity index (χ1) is 17.4. The number of anilines is 1. The van der Waals surface area contributed by atoms with E-state index in [0.717, 1.165) is 10.5 Å². The van der Waals surface area contributed by atoms with Gasteiger partial charge in [-0.1, -0.05) is 66.2 Å². The van der Waals surface area contributed by atoms with Gasteiger partial charge in [-0.15, -0.1) is 0 Å². The average molecular weight is 482 g/mol. The lowest BCUT2D eigenvalue weighted by molar-refractivity contribution is -0.127. The van der Waals surface area contributed by atoms with Crippen LogP contribution in [0.25, 0.3) is 0 Å². The smallest absolute Gasteiger partial charge is 0.241 e. The van der Waals surface area contributed by atoms with Gasteiger partial charge in [-0.2, -0.15) is 0 Å². The molecule has 36 heavy (non-hydrogen) atoms. The highest BCUT2D eigenvalue weighted by Gasteiger charge is 2.74. The van der Waals surface area contributed by atoms with Gasteiger partial charge < -0.3 is 9.47 Å². The average Bonchev–Trinajstić information content (AvgIpc) is 3.45. The highest BCUT2D eigenvalue weighted by atomic mass is 16.5. The molecule has 3 aliphatic rings. The standard InChI is InChI=1S/C29H23NO6/c1-3-35-21-11-7-6-10-20(21)30-27(33)22-23(28(30)34)29(36-24(22)17-14-12-16(2)13-15-17)25(31)18-8-4-5-9-19(18)26(29)32/h4-15,22-24H,3H2,1-2H3/t22-,23-,24+/m0/s1. The normalized spacial score (nSPS) is 23.9. The van der Waals surface area contributed by atoms with Crippen molar-refractivity contribution < 1.29 is 28.7 Å². The number of Topliss-reactive ketones (excluding diaryl/α,β-unsaturated/α-hetero) is 2. The SMILES string of the molecule is CCOc1ccccc1N1C(=O)[C@@H]2[C@@H](c3ccc(C)cc3)OC3(C(=O)c4ccccc4C3=O)[C@@H]2C1=O. The third-order valence-corrected chi connectivity index (χ3v) is 7.33. The van der Waals surface area contributed by atoms with Crippen LogP contribution in [0.2, 0.25) is 0 Å². The van der Waals surface area contributed by atoms with Crippen LogP contribution >= 0.6 is 0 Å². The molecule has 0 saturated carbocycles. The fraction of sp³-hybridized carbons (Fsp3) is 0.241. The van der Waals surface area contributed by atoms with Crippen LogP contribution in [0, 0.1) is 18.8 Å². The van der Waals surface area contributed by atoms with E-state index >= 15 is 0 Å². The molecule has 2 aliphatic heterocycles. The summed E-state index contributed by atoms with van der Waals surface area (Å²) in [7, 11) is 0. The summed E-state index contributed by atoms with van der Waals surface area (Å²) in [5, 5.41) is 0. The Morgan fingerprint density at radius 1 is 0.833 bits per heavy atom. The lowest BCUT2D eigenvalue weighted by Gasteiger charge is -2.27. The van der Waals surface area contributed by atoms with Crippen molar-refractivity contribution >= 4 is 29.1 Å². The number of benzene rings is 3. The van der Waals surface area contributed by atoms with Gasteiger partial charge in [-0.05, 0) is 31.5 Å². The zero-order chi connectivity index (χ0) is 25.2. The predicted molar refractivity (Wildman–Crippen MR) is 130 cm³/mol. The summed E-state index contributed by atoms with van der Waals surface area (Å²) in [6.07, 6.45) is -0.946. The van der Waals surface area contributed by atoms with E-state index in [1.807, 2.05) is 38.1 Å². The second-order valence-corrected chi connectivity index (χ2v) is 9.30. The van der Waals surface area contributed by atoms with Gasteiger partial charge in [0.05, 0.1) is 30.2 Å². The molecule has 2 amide bonds. The van der Waals surface area contributed by atoms with E-state index < -0.39 is 46.9 Å². The zero-order valence-electron chi connectivity index (χ0n) is 19.8.